The Kier molecular flexibility index (Phi) is 4.96. The Balaban J connectivity index is 1.52. The van der Waals surface area contributed by atoms with Crippen LogP contribution in [0.3, 0.4) is 0 Å². The number of rotatable bonds is 7. The van der Waals surface area contributed by atoms with Crippen molar-refractivity contribution in [3.8, 4) is 11.5 Å². The molecule has 1 saturated heterocycles. The molecule has 1 aliphatic heterocycles. The van der Waals surface area contributed by atoms with Gasteiger partial charge in [-0.15, -0.1) is 0 Å². The summed E-state index contributed by atoms with van der Waals surface area (Å²) in [5.74, 6) is 0.870. The van der Waals surface area contributed by atoms with Crippen LogP contribution in [0.2, 0.25) is 0 Å². The molecule has 0 aromatic heterocycles. The Hall–Kier alpha value is -2.63. The minimum absolute atomic E-state index is 0.0851. The molecule has 0 spiro atoms. The van der Waals surface area contributed by atoms with Crippen LogP contribution in [0.5, 0.6) is 11.5 Å². The second-order valence-corrected chi connectivity index (χ2v) is 7.71. The lowest BCUT2D eigenvalue weighted by atomic mass is 9.85. The van der Waals surface area contributed by atoms with E-state index >= 15 is 0 Å². The Bertz CT molecular complexity index is 817. The van der Waals surface area contributed by atoms with E-state index in [0.29, 0.717) is 18.1 Å². The van der Waals surface area contributed by atoms with Crippen LogP contribution < -0.4 is 9.47 Å². The summed E-state index contributed by atoms with van der Waals surface area (Å²) in [5.41, 5.74) is 0.749. The molecule has 2 fully saturated rings. The number of carbonyl (C=O) groups excluding carboxylic acids is 2. The molecule has 1 aromatic carbocycles. The smallest absolute Gasteiger partial charge is 0.254 e. The molecule has 2 aliphatic carbocycles. The molecule has 1 saturated carbocycles. The summed E-state index contributed by atoms with van der Waals surface area (Å²) in [6.07, 6.45) is 7.60. The minimum Gasteiger partial charge on any atom is -0.490 e. The Labute approximate surface area is 165 Å². The quantitative estimate of drug-likeness (QED) is 0.412. The summed E-state index contributed by atoms with van der Waals surface area (Å²) in [7, 11) is 0. The molecule has 5 atom stereocenters. The molecule has 1 heterocycles. The van der Waals surface area contributed by atoms with E-state index < -0.39 is 0 Å². The van der Waals surface area contributed by atoms with E-state index in [2.05, 4.69) is 24.2 Å². The first kappa shape index (κ1) is 18.7. The second kappa shape index (κ2) is 7.41. The van der Waals surface area contributed by atoms with Crippen molar-refractivity contribution in [2.24, 2.45) is 28.8 Å². The van der Waals surface area contributed by atoms with Gasteiger partial charge in [-0.1, -0.05) is 19.1 Å². The van der Waals surface area contributed by atoms with E-state index in [1.807, 2.05) is 32.0 Å². The summed E-state index contributed by atoms with van der Waals surface area (Å²) < 4.78 is 11.6. The van der Waals surface area contributed by atoms with Crippen molar-refractivity contribution in [1.29, 1.82) is 0 Å². The number of fused-ring (bicyclic) bond motifs is 5. The Morgan fingerprint density at radius 2 is 1.82 bits per heavy atom. The minimum atomic E-state index is -0.232. The first-order chi connectivity index (χ1) is 13.5. The van der Waals surface area contributed by atoms with Gasteiger partial charge in [-0.2, -0.15) is 10.1 Å². The summed E-state index contributed by atoms with van der Waals surface area (Å²) in [5, 5.41) is 5.29. The van der Waals surface area contributed by atoms with Gasteiger partial charge in [0.05, 0.1) is 30.8 Å². The van der Waals surface area contributed by atoms with Gasteiger partial charge in [-0.3, -0.25) is 9.59 Å². The lowest BCUT2D eigenvalue weighted by molar-refractivity contribution is -0.140. The van der Waals surface area contributed by atoms with E-state index in [1.165, 1.54) is 0 Å². The first-order valence-electron chi connectivity index (χ1n) is 10.1. The van der Waals surface area contributed by atoms with Crippen molar-refractivity contribution in [2.45, 2.75) is 39.7 Å². The fourth-order valence-electron chi connectivity index (χ4n) is 4.40. The number of hydrogen-bond donors (Lipinski definition) is 0. The number of allylic oxidation sites excluding steroid dienone is 2. The summed E-state index contributed by atoms with van der Waals surface area (Å²) in [4.78, 5) is 25.4. The maximum absolute atomic E-state index is 12.7. The van der Waals surface area contributed by atoms with Gasteiger partial charge in [0.2, 0.25) is 0 Å². The van der Waals surface area contributed by atoms with E-state index in [4.69, 9.17) is 9.47 Å². The fourth-order valence-corrected chi connectivity index (χ4v) is 4.40. The van der Waals surface area contributed by atoms with E-state index in [1.54, 1.807) is 6.21 Å². The lowest BCUT2D eigenvalue weighted by Crippen LogP contribution is -2.28. The number of imide groups is 1. The molecule has 0 unspecified atom stereocenters. The van der Waals surface area contributed by atoms with E-state index in [0.717, 1.165) is 23.4 Å². The zero-order valence-corrected chi connectivity index (χ0v) is 16.5. The van der Waals surface area contributed by atoms with Crippen LogP contribution >= 0.6 is 0 Å². The molecule has 6 heteroatoms. The number of amides is 2. The predicted octanol–water partition coefficient (Wildman–Crippen LogP) is 3.40. The zero-order valence-electron chi connectivity index (χ0n) is 16.5. The van der Waals surface area contributed by atoms with Crippen LogP contribution in [0.1, 0.15) is 39.2 Å². The third-order valence-corrected chi connectivity index (χ3v) is 5.94. The Morgan fingerprint density at radius 1 is 1.14 bits per heavy atom. The highest BCUT2D eigenvalue weighted by molar-refractivity contribution is 6.06. The first-order valence-corrected chi connectivity index (χ1v) is 10.1. The molecule has 6 nitrogen and oxygen atoms in total. The largest absolute Gasteiger partial charge is 0.490 e. The third kappa shape index (κ3) is 3.11. The Morgan fingerprint density at radius 3 is 2.43 bits per heavy atom. The standard InChI is InChI=1S/C22H26N2O4/c1-4-13(3)28-17-9-6-14(10-18(17)27-5-2)12-23-24-21(25)19-15-7-8-16(11-15)20(19)22(24)26/h6-10,12-13,15-16,19-20H,4-5,11H2,1-3H3/t13-,15-,16-,19-,20+/m0/s1. The molecule has 28 heavy (non-hydrogen) atoms. The van der Waals surface area contributed by atoms with Crippen molar-refractivity contribution in [3.63, 3.8) is 0 Å². The van der Waals surface area contributed by atoms with Crippen LogP contribution in [0.4, 0.5) is 0 Å². The predicted molar refractivity (Wildman–Crippen MR) is 105 cm³/mol. The number of hydrazone groups is 1. The van der Waals surface area contributed by atoms with Crippen LogP contribution in [0, 0.1) is 23.7 Å². The molecule has 4 rings (SSSR count). The zero-order chi connectivity index (χ0) is 19.8. The molecule has 2 bridgehead atoms. The molecular weight excluding hydrogens is 356 g/mol. The fraction of sp³-hybridized carbons (Fsp3) is 0.500. The molecule has 3 aliphatic rings. The molecule has 148 valence electrons. The molecular formula is C22H26N2O4. The van der Waals surface area contributed by atoms with E-state index in [9.17, 15) is 9.59 Å². The SMILES string of the molecule is CCOc1cc(C=NN2C(=O)[C@@H]3[C@H](C2=O)[C@H]2C=C[C@H]3C2)ccc1O[C@@H](C)CC. The molecule has 2 amide bonds. The van der Waals surface area contributed by atoms with Gasteiger partial charge in [0.1, 0.15) is 0 Å². The molecule has 1 aromatic rings. The van der Waals surface area contributed by atoms with Gasteiger partial charge in [-0.05, 0) is 62.3 Å². The van der Waals surface area contributed by atoms with Crippen LogP contribution in [-0.2, 0) is 9.59 Å². The maximum atomic E-state index is 12.7. The van der Waals surface area contributed by atoms with Gasteiger partial charge < -0.3 is 9.47 Å². The van der Waals surface area contributed by atoms with Crippen LogP contribution in [-0.4, -0.2) is 35.7 Å². The highest BCUT2D eigenvalue weighted by Gasteiger charge is 2.59. The third-order valence-electron chi connectivity index (χ3n) is 5.94. The van der Waals surface area contributed by atoms with Gasteiger partial charge >= 0.3 is 0 Å². The monoisotopic (exact) mass is 382 g/mol. The molecule has 0 radical (unpaired) electrons. The van der Waals surface area contributed by atoms with Gasteiger partial charge in [0.15, 0.2) is 11.5 Å². The van der Waals surface area contributed by atoms with Crippen LogP contribution in [0.15, 0.2) is 35.5 Å². The normalized spacial score (nSPS) is 29.0. The highest BCUT2D eigenvalue weighted by Crippen LogP contribution is 2.52. The van der Waals surface area contributed by atoms with Crippen molar-refractivity contribution in [2.75, 3.05) is 6.61 Å². The van der Waals surface area contributed by atoms with E-state index in [-0.39, 0.29) is 41.6 Å². The van der Waals surface area contributed by atoms with Gasteiger partial charge in [0, 0.05) is 0 Å². The average Bonchev–Trinajstić information content (AvgIpc) is 3.36. The molecule has 0 N–H and O–H groups in total. The number of ether oxygens (including phenoxy) is 2. The summed E-state index contributed by atoms with van der Waals surface area (Å²) >= 11 is 0. The van der Waals surface area contributed by atoms with Gasteiger partial charge in [-0.25, -0.2) is 0 Å². The van der Waals surface area contributed by atoms with Crippen molar-refractivity contribution in [1.82, 2.24) is 5.01 Å². The van der Waals surface area contributed by atoms with Gasteiger partial charge in [0.25, 0.3) is 11.8 Å². The van der Waals surface area contributed by atoms with Crippen molar-refractivity contribution >= 4 is 18.0 Å². The number of hydrogen-bond acceptors (Lipinski definition) is 5. The van der Waals surface area contributed by atoms with Crippen molar-refractivity contribution < 1.29 is 19.1 Å². The second-order valence-electron chi connectivity index (χ2n) is 7.71. The topological polar surface area (TPSA) is 68.2 Å². The summed E-state index contributed by atoms with van der Waals surface area (Å²) in [6, 6.07) is 5.51. The number of nitrogens with zero attached hydrogens (tertiary/aromatic N) is 2. The maximum Gasteiger partial charge on any atom is 0.254 e. The average molecular weight is 382 g/mol. The summed E-state index contributed by atoms with van der Waals surface area (Å²) in [6.45, 7) is 6.50. The lowest BCUT2D eigenvalue weighted by Gasteiger charge is -2.16. The van der Waals surface area contributed by atoms with Crippen LogP contribution in [0.25, 0.3) is 0 Å². The van der Waals surface area contributed by atoms with Crippen molar-refractivity contribution in [3.05, 3.63) is 35.9 Å². The highest BCUT2D eigenvalue weighted by atomic mass is 16.5. The number of carbonyl (C=O) groups is 2. The number of benzene rings is 1.